The maximum atomic E-state index is 5.96. The molecule has 2 aliphatic carbocycles. The van der Waals surface area contributed by atoms with Crippen LogP contribution in [0.2, 0.25) is 0 Å². The van der Waals surface area contributed by atoms with E-state index in [4.69, 9.17) is 4.74 Å². The first-order chi connectivity index (χ1) is 10.2. The van der Waals surface area contributed by atoms with Crippen molar-refractivity contribution in [1.82, 2.24) is 5.32 Å². The van der Waals surface area contributed by atoms with Gasteiger partial charge >= 0.3 is 0 Å². The van der Waals surface area contributed by atoms with Gasteiger partial charge in [-0.2, -0.15) is 0 Å². The number of hydrogen-bond acceptors (Lipinski definition) is 2. The Morgan fingerprint density at radius 1 is 1.38 bits per heavy atom. The lowest BCUT2D eigenvalue weighted by atomic mass is 9.69. The van der Waals surface area contributed by atoms with Gasteiger partial charge in [0.05, 0.1) is 6.61 Å². The highest BCUT2D eigenvalue weighted by atomic mass is 79.9. The van der Waals surface area contributed by atoms with Crippen molar-refractivity contribution in [3.63, 3.8) is 0 Å². The van der Waals surface area contributed by atoms with Crippen LogP contribution in [0.25, 0.3) is 0 Å². The molecule has 3 heteroatoms. The highest BCUT2D eigenvalue weighted by Gasteiger charge is 2.50. The minimum atomic E-state index is 0.457. The predicted octanol–water partition coefficient (Wildman–Crippen LogP) is 3.95. The summed E-state index contributed by atoms with van der Waals surface area (Å²) in [6, 6.07) is 4.53. The molecule has 1 aromatic rings. The van der Waals surface area contributed by atoms with Crippen LogP contribution in [0.3, 0.4) is 0 Å². The van der Waals surface area contributed by atoms with Gasteiger partial charge in [0.2, 0.25) is 0 Å². The van der Waals surface area contributed by atoms with Crippen molar-refractivity contribution in [2.24, 2.45) is 17.3 Å². The molecular weight excluding hydrogens is 326 g/mol. The summed E-state index contributed by atoms with van der Waals surface area (Å²) in [5, 5.41) is 3.49. The highest BCUT2D eigenvalue weighted by molar-refractivity contribution is 9.10. The molecule has 0 amide bonds. The third-order valence-electron chi connectivity index (χ3n) is 6.00. The van der Waals surface area contributed by atoms with Gasteiger partial charge in [0.15, 0.2) is 0 Å². The van der Waals surface area contributed by atoms with Crippen LogP contribution in [0.15, 0.2) is 16.6 Å². The summed E-state index contributed by atoms with van der Waals surface area (Å²) in [6.45, 7) is 2.00. The van der Waals surface area contributed by atoms with Crippen molar-refractivity contribution in [1.29, 1.82) is 0 Å². The molecule has 3 unspecified atom stereocenters. The standard InChI is InChI=1S/C18H24BrNO/c1-20-11-18(9-12-2-3-15(18)6-12)10-14-8-16(19)7-13-4-5-21-17(13)14/h7-8,12,15,20H,2-6,9-11H2,1H3. The molecule has 3 aliphatic rings. The summed E-state index contributed by atoms with van der Waals surface area (Å²) in [4.78, 5) is 0. The van der Waals surface area contributed by atoms with Crippen LogP contribution in [-0.2, 0) is 12.8 Å². The summed E-state index contributed by atoms with van der Waals surface area (Å²) in [7, 11) is 2.11. The molecule has 114 valence electrons. The number of fused-ring (bicyclic) bond motifs is 3. The SMILES string of the molecule is CNCC1(Cc2cc(Br)cc3c2OCC3)CC2CCC1C2. The summed E-state index contributed by atoms with van der Waals surface area (Å²) >= 11 is 3.69. The van der Waals surface area contributed by atoms with Gasteiger partial charge in [-0.1, -0.05) is 22.4 Å². The number of rotatable bonds is 4. The van der Waals surface area contributed by atoms with E-state index in [0.717, 1.165) is 31.4 Å². The average molecular weight is 350 g/mol. The van der Waals surface area contributed by atoms with E-state index in [-0.39, 0.29) is 0 Å². The molecule has 0 radical (unpaired) electrons. The topological polar surface area (TPSA) is 21.3 Å². The van der Waals surface area contributed by atoms with Gasteiger partial charge in [0.1, 0.15) is 5.75 Å². The van der Waals surface area contributed by atoms with Crippen molar-refractivity contribution in [3.05, 3.63) is 27.7 Å². The molecule has 1 N–H and O–H groups in total. The minimum Gasteiger partial charge on any atom is -0.493 e. The molecule has 2 nitrogen and oxygen atoms in total. The first-order valence-corrected chi connectivity index (χ1v) is 9.08. The molecule has 0 saturated heterocycles. The predicted molar refractivity (Wildman–Crippen MR) is 88.9 cm³/mol. The smallest absolute Gasteiger partial charge is 0.125 e. The van der Waals surface area contributed by atoms with Gasteiger partial charge in [-0.15, -0.1) is 0 Å². The quantitative estimate of drug-likeness (QED) is 0.888. The Hall–Kier alpha value is -0.540. The summed E-state index contributed by atoms with van der Waals surface area (Å²) < 4.78 is 7.17. The molecule has 1 aliphatic heterocycles. The maximum absolute atomic E-state index is 5.96. The van der Waals surface area contributed by atoms with Crippen LogP contribution in [0.1, 0.15) is 36.8 Å². The first-order valence-electron chi connectivity index (χ1n) is 8.29. The van der Waals surface area contributed by atoms with Crippen molar-refractivity contribution in [3.8, 4) is 5.75 Å². The van der Waals surface area contributed by atoms with Crippen LogP contribution >= 0.6 is 15.9 Å². The van der Waals surface area contributed by atoms with Gasteiger partial charge in [-0.05, 0) is 73.2 Å². The van der Waals surface area contributed by atoms with E-state index < -0.39 is 0 Å². The van der Waals surface area contributed by atoms with Crippen LogP contribution in [0.5, 0.6) is 5.75 Å². The Kier molecular flexibility index (Phi) is 3.54. The second-order valence-corrected chi connectivity index (χ2v) is 8.22. The maximum Gasteiger partial charge on any atom is 0.125 e. The molecule has 2 fully saturated rings. The zero-order valence-electron chi connectivity index (χ0n) is 12.8. The van der Waals surface area contributed by atoms with Gasteiger partial charge in [0.25, 0.3) is 0 Å². The zero-order chi connectivity index (χ0) is 14.4. The van der Waals surface area contributed by atoms with E-state index in [1.165, 1.54) is 53.5 Å². The van der Waals surface area contributed by atoms with Crippen molar-refractivity contribution >= 4 is 15.9 Å². The molecule has 4 rings (SSSR count). The molecule has 0 aromatic heterocycles. The van der Waals surface area contributed by atoms with Crippen LogP contribution in [-0.4, -0.2) is 20.2 Å². The van der Waals surface area contributed by atoms with E-state index in [9.17, 15) is 0 Å². The first kappa shape index (κ1) is 14.1. The van der Waals surface area contributed by atoms with E-state index >= 15 is 0 Å². The van der Waals surface area contributed by atoms with Gasteiger partial charge in [-0.3, -0.25) is 0 Å². The Morgan fingerprint density at radius 3 is 3.00 bits per heavy atom. The molecule has 21 heavy (non-hydrogen) atoms. The fourth-order valence-corrected chi connectivity index (χ4v) is 5.81. The van der Waals surface area contributed by atoms with E-state index in [1.807, 2.05) is 0 Å². The third-order valence-corrected chi connectivity index (χ3v) is 6.46. The van der Waals surface area contributed by atoms with Crippen LogP contribution < -0.4 is 10.1 Å². The number of nitrogens with one attached hydrogen (secondary N) is 1. The largest absolute Gasteiger partial charge is 0.493 e. The normalized spacial score (nSPS) is 33.2. The lowest BCUT2D eigenvalue weighted by molar-refractivity contribution is 0.158. The average Bonchev–Trinajstić information content (AvgIpc) is 3.13. The fraction of sp³-hybridized carbons (Fsp3) is 0.667. The molecule has 0 spiro atoms. The third kappa shape index (κ3) is 2.33. The van der Waals surface area contributed by atoms with Gasteiger partial charge in [-0.25, -0.2) is 0 Å². The number of hydrogen-bond donors (Lipinski definition) is 1. The second-order valence-electron chi connectivity index (χ2n) is 7.30. The molecule has 1 aromatic carbocycles. The lowest BCUT2D eigenvalue weighted by Gasteiger charge is -2.38. The Morgan fingerprint density at radius 2 is 2.29 bits per heavy atom. The van der Waals surface area contributed by atoms with E-state index in [0.29, 0.717) is 5.41 Å². The minimum absolute atomic E-state index is 0.457. The number of ether oxygens (including phenoxy) is 1. The summed E-state index contributed by atoms with van der Waals surface area (Å²) in [6.07, 6.45) is 7.99. The molecule has 1 heterocycles. The van der Waals surface area contributed by atoms with Crippen LogP contribution in [0, 0.1) is 17.3 Å². The van der Waals surface area contributed by atoms with E-state index in [2.05, 4.69) is 40.4 Å². The van der Waals surface area contributed by atoms with Gasteiger partial charge in [0, 0.05) is 17.4 Å². The van der Waals surface area contributed by atoms with Crippen LogP contribution in [0.4, 0.5) is 0 Å². The molecule has 2 saturated carbocycles. The lowest BCUT2D eigenvalue weighted by Crippen LogP contribution is -2.39. The Bertz CT molecular complexity index is 558. The molecule has 2 bridgehead atoms. The monoisotopic (exact) mass is 349 g/mol. The summed E-state index contributed by atoms with van der Waals surface area (Å²) in [5.41, 5.74) is 3.28. The number of halogens is 1. The molecular formula is C18H24BrNO. The second kappa shape index (κ2) is 5.27. The Balaban J connectivity index is 1.68. The highest BCUT2D eigenvalue weighted by Crippen LogP contribution is 2.57. The van der Waals surface area contributed by atoms with Crippen molar-refractivity contribution in [2.45, 2.75) is 38.5 Å². The fourth-order valence-electron chi connectivity index (χ4n) is 5.26. The molecule has 3 atom stereocenters. The number of benzene rings is 1. The summed E-state index contributed by atoms with van der Waals surface area (Å²) in [5.74, 6) is 3.08. The van der Waals surface area contributed by atoms with Crippen molar-refractivity contribution < 1.29 is 4.74 Å². The Labute approximate surface area is 135 Å². The van der Waals surface area contributed by atoms with E-state index in [1.54, 1.807) is 0 Å². The van der Waals surface area contributed by atoms with Gasteiger partial charge < -0.3 is 10.1 Å². The van der Waals surface area contributed by atoms with Crippen molar-refractivity contribution in [2.75, 3.05) is 20.2 Å². The zero-order valence-corrected chi connectivity index (χ0v) is 14.3.